The molecule has 0 saturated heterocycles. The van der Waals surface area contributed by atoms with E-state index in [0.29, 0.717) is 5.69 Å². The number of hydrogen-bond acceptors (Lipinski definition) is 2. The standard InChI is InChI=1S/C67H43N3O/c1-68-55-30-20-47(21-31-55)50-26-36-58(37-27-50)70-64-18-10-8-16-60(64)61-38-28-51(43-65(61)70)53-40-54(52-29-39-63-62-17-9-11-19-66(62)71-67(63)44-52)42-59(41-53)69(56-32-22-48(23-33-56)45-12-4-2-5-13-45)57-34-24-49(25-35-57)46-14-6-3-7-15-46/h2-44H. The fourth-order valence-electron chi connectivity index (χ4n) is 10.3. The van der Waals surface area contributed by atoms with Crippen molar-refractivity contribution in [3.05, 3.63) is 272 Å². The molecule has 0 fully saturated rings. The molecule has 0 N–H and O–H groups in total. The van der Waals surface area contributed by atoms with E-state index in [0.717, 1.165) is 100 Å². The Hall–Kier alpha value is -9.69. The molecule has 0 aliphatic rings. The third kappa shape index (κ3) is 7.60. The van der Waals surface area contributed by atoms with Crippen LogP contribution in [0.5, 0.6) is 0 Å². The van der Waals surface area contributed by atoms with Crippen molar-refractivity contribution in [2.45, 2.75) is 0 Å². The van der Waals surface area contributed by atoms with Crippen LogP contribution in [0.1, 0.15) is 0 Å². The van der Waals surface area contributed by atoms with Crippen LogP contribution in [0.15, 0.2) is 265 Å². The Balaban J connectivity index is 0.998. The first kappa shape index (κ1) is 41.5. The average Bonchev–Trinajstić information content (AvgIpc) is 3.99. The van der Waals surface area contributed by atoms with E-state index in [2.05, 4.69) is 239 Å². The number of benzene rings is 11. The van der Waals surface area contributed by atoms with Gasteiger partial charge in [0, 0.05) is 44.3 Å². The summed E-state index contributed by atoms with van der Waals surface area (Å²) >= 11 is 0. The van der Waals surface area contributed by atoms with Crippen LogP contribution in [0.4, 0.5) is 22.7 Å². The highest BCUT2D eigenvalue weighted by molar-refractivity contribution is 6.10. The van der Waals surface area contributed by atoms with Crippen molar-refractivity contribution >= 4 is 66.5 Å². The van der Waals surface area contributed by atoms with Crippen molar-refractivity contribution in [1.29, 1.82) is 0 Å². The molecule has 2 aromatic heterocycles. The number of fused-ring (bicyclic) bond motifs is 6. The van der Waals surface area contributed by atoms with Crippen molar-refractivity contribution < 1.29 is 4.42 Å². The van der Waals surface area contributed by atoms with Crippen molar-refractivity contribution in [2.75, 3.05) is 4.90 Å². The Morgan fingerprint density at radius 2 is 0.761 bits per heavy atom. The summed E-state index contributed by atoms with van der Waals surface area (Å²) in [5.74, 6) is 0. The Morgan fingerprint density at radius 1 is 0.310 bits per heavy atom. The van der Waals surface area contributed by atoms with Crippen LogP contribution in [0.25, 0.3) is 110 Å². The summed E-state index contributed by atoms with van der Waals surface area (Å²) in [6.07, 6.45) is 0. The van der Waals surface area contributed by atoms with E-state index in [9.17, 15) is 0 Å². The molecule has 2 heterocycles. The summed E-state index contributed by atoms with van der Waals surface area (Å²) < 4.78 is 8.88. The molecule has 0 unspecified atom stereocenters. The number of aromatic nitrogens is 1. The number of anilines is 3. The minimum absolute atomic E-state index is 0.638. The molecule has 13 rings (SSSR count). The zero-order chi connectivity index (χ0) is 47.3. The predicted octanol–water partition coefficient (Wildman–Crippen LogP) is 19.0. The van der Waals surface area contributed by atoms with Crippen molar-refractivity contribution in [2.24, 2.45) is 0 Å². The van der Waals surface area contributed by atoms with Gasteiger partial charge in [-0.3, -0.25) is 0 Å². The van der Waals surface area contributed by atoms with Gasteiger partial charge in [0.05, 0.1) is 17.6 Å². The lowest BCUT2D eigenvalue weighted by atomic mass is 9.95. The van der Waals surface area contributed by atoms with Crippen LogP contribution in [0.3, 0.4) is 0 Å². The molecule has 0 amide bonds. The van der Waals surface area contributed by atoms with E-state index in [1.165, 1.54) is 21.9 Å². The molecule has 0 aliphatic carbocycles. The molecule has 332 valence electrons. The molecule has 4 nitrogen and oxygen atoms in total. The summed E-state index contributed by atoms with van der Waals surface area (Å²) in [5.41, 5.74) is 20.1. The summed E-state index contributed by atoms with van der Waals surface area (Å²) in [4.78, 5) is 5.96. The second kappa shape index (κ2) is 17.4. The third-order valence-electron chi connectivity index (χ3n) is 13.8. The molecule has 0 saturated carbocycles. The summed E-state index contributed by atoms with van der Waals surface area (Å²) in [5, 5.41) is 4.60. The van der Waals surface area contributed by atoms with Gasteiger partial charge in [-0.15, -0.1) is 0 Å². The lowest BCUT2D eigenvalue weighted by Gasteiger charge is -2.27. The van der Waals surface area contributed by atoms with E-state index in [1.54, 1.807) is 0 Å². The van der Waals surface area contributed by atoms with Gasteiger partial charge in [0.15, 0.2) is 5.69 Å². The number of hydrogen-bond donors (Lipinski definition) is 0. The molecular weight excluding hydrogens is 863 g/mol. The normalized spacial score (nSPS) is 11.4. The van der Waals surface area contributed by atoms with E-state index < -0.39 is 0 Å². The van der Waals surface area contributed by atoms with Gasteiger partial charge in [0.25, 0.3) is 0 Å². The van der Waals surface area contributed by atoms with Crippen molar-refractivity contribution in [3.8, 4) is 61.3 Å². The predicted molar refractivity (Wildman–Crippen MR) is 296 cm³/mol. The van der Waals surface area contributed by atoms with Gasteiger partial charge >= 0.3 is 0 Å². The maximum absolute atomic E-state index is 7.40. The van der Waals surface area contributed by atoms with Gasteiger partial charge in [-0.2, -0.15) is 0 Å². The summed E-state index contributed by atoms with van der Waals surface area (Å²) in [6.45, 7) is 7.40. The van der Waals surface area contributed by atoms with E-state index in [4.69, 9.17) is 11.0 Å². The fraction of sp³-hybridized carbons (Fsp3) is 0. The fourth-order valence-corrected chi connectivity index (χ4v) is 10.3. The minimum atomic E-state index is 0.638. The van der Waals surface area contributed by atoms with Crippen LogP contribution < -0.4 is 4.90 Å². The maximum atomic E-state index is 7.40. The smallest absolute Gasteiger partial charge is 0.187 e. The molecule has 11 aromatic carbocycles. The van der Waals surface area contributed by atoms with E-state index >= 15 is 0 Å². The van der Waals surface area contributed by atoms with Crippen LogP contribution in [0, 0.1) is 6.57 Å². The Bertz CT molecular complexity index is 4040. The highest BCUT2D eigenvalue weighted by Crippen LogP contribution is 2.43. The topological polar surface area (TPSA) is 25.7 Å². The first-order valence-electron chi connectivity index (χ1n) is 23.9. The van der Waals surface area contributed by atoms with Crippen molar-refractivity contribution in [1.82, 2.24) is 4.57 Å². The monoisotopic (exact) mass is 905 g/mol. The molecule has 0 atom stereocenters. The SMILES string of the molecule is [C-]#[N+]c1ccc(-c2ccc(-n3c4ccccc4c4ccc(-c5cc(-c6ccc7c(c6)oc6ccccc67)cc(N(c6ccc(-c7ccccc7)cc6)c6ccc(-c7ccccc7)cc6)c5)cc43)cc2)cc1. The minimum Gasteiger partial charge on any atom is -0.456 e. The zero-order valence-electron chi connectivity index (χ0n) is 38.6. The van der Waals surface area contributed by atoms with Gasteiger partial charge < -0.3 is 13.9 Å². The Morgan fingerprint density at radius 3 is 1.37 bits per heavy atom. The second-order valence-electron chi connectivity index (χ2n) is 18.0. The van der Waals surface area contributed by atoms with Gasteiger partial charge in [-0.25, -0.2) is 4.85 Å². The number of nitrogens with zero attached hydrogens (tertiary/aromatic N) is 3. The van der Waals surface area contributed by atoms with Gasteiger partial charge in [0.1, 0.15) is 11.2 Å². The molecule has 0 bridgehead atoms. The lowest BCUT2D eigenvalue weighted by Crippen LogP contribution is -2.10. The molecule has 0 spiro atoms. The van der Waals surface area contributed by atoms with Gasteiger partial charge in [0.2, 0.25) is 0 Å². The summed E-state index contributed by atoms with van der Waals surface area (Å²) in [6, 6.07) is 92.9. The van der Waals surface area contributed by atoms with Crippen LogP contribution in [-0.2, 0) is 0 Å². The molecule has 0 aliphatic heterocycles. The van der Waals surface area contributed by atoms with Gasteiger partial charge in [-0.05, 0) is 141 Å². The number of para-hydroxylation sites is 2. The highest BCUT2D eigenvalue weighted by Gasteiger charge is 2.19. The van der Waals surface area contributed by atoms with Crippen LogP contribution in [0.2, 0.25) is 0 Å². The number of rotatable bonds is 9. The summed E-state index contributed by atoms with van der Waals surface area (Å²) in [7, 11) is 0. The first-order valence-corrected chi connectivity index (χ1v) is 23.9. The highest BCUT2D eigenvalue weighted by atomic mass is 16.3. The molecule has 13 aromatic rings. The van der Waals surface area contributed by atoms with Crippen molar-refractivity contribution in [3.63, 3.8) is 0 Å². The average molecular weight is 906 g/mol. The Kier molecular flexibility index (Phi) is 10.2. The van der Waals surface area contributed by atoms with E-state index in [1.807, 2.05) is 36.4 Å². The van der Waals surface area contributed by atoms with Crippen LogP contribution >= 0.6 is 0 Å². The van der Waals surface area contributed by atoms with Gasteiger partial charge in [-0.1, -0.05) is 176 Å². The van der Waals surface area contributed by atoms with Crippen LogP contribution in [-0.4, -0.2) is 4.57 Å². The molecule has 0 radical (unpaired) electrons. The molecular formula is C67H43N3O. The largest absolute Gasteiger partial charge is 0.456 e. The lowest BCUT2D eigenvalue weighted by molar-refractivity contribution is 0.669. The Labute approximate surface area is 412 Å². The third-order valence-corrected chi connectivity index (χ3v) is 13.8. The van der Waals surface area contributed by atoms with E-state index in [-0.39, 0.29) is 0 Å². The quantitative estimate of drug-likeness (QED) is 0.135. The molecule has 4 heteroatoms. The first-order chi connectivity index (χ1) is 35.1. The molecule has 71 heavy (non-hydrogen) atoms. The second-order valence-corrected chi connectivity index (χ2v) is 18.0. The maximum Gasteiger partial charge on any atom is 0.187 e. The zero-order valence-corrected chi connectivity index (χ0v) is 38.6. The number of furan rings is 1.